The van der Waals surface area contributed by atoms with Gasteiger partial charge in [0.1, 0.15) is 5.75 Å². The lowest BCUT2D eigenvalue weighted by molar-refractivity contribution is 0.344. The van der Waals surface area contributed by atoms with Gasteiger partial charge in [0.15, 0.2) is 8.68 Å². The zero-order valence-corrected chi connectivity index (χ0v) is 13.7. The lowest BCUT2D eigenvalue weighted by atomic mass is 10.1. The van der Waals surface area contributed by atoms with Crippen molar-refractivity contribution in [1.29, 1.82) is 0 Å². The van der Waals surface area contributed by atoms with Gasteiger partial charge in [-0.3, -0.25) is 0 Å². The summed E-state index contributed by atoms with van der Waals surface area (Å²) >= 11 is 4.92. The van der Waals surface area contributed by atoms with Crippen LogP contribution in [0.1, 0.15) is 5.56 Å². The van der Waals surface area contributed by atoms with Crippen LogP contribution < -0.4 is 10.5 Å². The monoisotopic (exact) mass is 327 g/mol. The number of rotatable bonds is 8. The SMILES string of the molecule is CSc1nnc(SCCOc2ccc(CCN)cc2)s1. The number of benzene rings is 1. The highest BCUT2D eigenvalue weighted by molar-refractivity contribution is 8.02. The summed E-state index contributed by atoms with van der Waals surface area (Å²) in [5.74, 6) is 1.77. The van der Waals surface area contributed by atoms with Gasteiger partial charge in [0, 0.05) is 5.75 Å². The first-order valence-electron chi connectivity index (χ1n) is 6.24. The van der Waals surface area contributed by atoms with Gasteiger partial charge < -0.3 is 10.5 Å². The fourth-order valence-corrected chi connectivity index (χ4v) is 3.87. The minimum atomic E-state index is 0.662. The van der Waals surface area contributed by atoms with Gasteiger partial charge in [0.2, 0.25) is 0 Å². The molecule has 1 aromatic heterocycles. The van der Waals surface area contributed by atoms with E-state index in [0.29, 0.717) is 13.2 Å². The van der Waals surface area contributed by atoms with Crippen LogP contribution in [0, 0.1) is 0 Å². The highest BCUT2D eigenvalue weighted by Crippen LogP contribution is 2.27. The van der Waals surface area contributed by atoms with Crippen molar-refractivity contribution >= 4 is 34.9 Å². The van der Waals surface area contributed by atoms with E-state index in [9.17, 15) is 0 Å². The Morgan fingerprint density at radius 3 is 2.60 bits per heavy atom. The normalized spacial score (nSPS) is 10.7. The smallest absolute Gasteiger partial charge is 0.175 e. The van der Waals surface area contributed by atoms with Crippen molar-refractivity contribution in [3.05, 3.63) is 29.8 Å². The number of ether oxygens (including phenoxy) is 1. The molecular weight excluding hydrogens is 310 g/mol. The van der Waals surface area contributed by atoms with Crippen LogP contribution in [-0.2, 0) is 6.42 Å². The van der Waals surface area contributed by atoms with Gasteiger partial charge in [0.05, 0.1) is 6.61 Å². The van der Waals surface area contributed by atoms with Crippen LogP contribution in [0.15, 0.2) is 32.9 Å². The molecule has 2 aromatic rings. The predicted molar refractivity (Wildman–Crippen MR) is 87.1 cm³/mol. The Morgan fingerprint density at radius 2 is 1.95 bits per heavy atom. The Labute approximate surface area is 131 Å². The lowest BCUT2D eigenvalue weighted by Crippen LogP contribution is -2.03. The molecule has 0 bridgehead atoms. The van der Waals surface area contributed by atoms with E-state index in [1.54, 1.807) is 34.9 Å². The van der Waals surface area contributed by atoms with E-state index in [2.05, 4.69) is 22.3 Å². The van der Waals surface area contributed by atoms with Crippen molar-refractivity contribution in [3.63, 3.8) is 0 Å². The van der Waals surface area contributed by atoms with E-state index < -0.39 is 0 Å². The number of nitrogens with zero attached hydrogens (tertiary/aromatic N) is 2. The Kier molecular flexibility index (Phi) is 6.65. The minimum Gasteiger partial charge on any atom is -0.493 e. The molecule has 0 unspecified atom stereocenters. The van der Waals surface area contributed by atoms with Crippen LogP contribution in [0.2, 0.25) is 0 Å². The summed E-state index contributed by atoms with van der Waals surface area (Å²) in [5, 5.41) is 8.17. The first kappa shape index (κ1) is 15.6. The molecule has 0 radical (unpaired) electrons. The van der Waals surface area contributed by atoms with Gasteiger partial charge in [-0.25, -0.2) is 0 Å². The minimum absolute atomic E-state index is 0.662. The summed E-state index contributed by atoms with van der Waals surface area (Å²) in [7, 11) is 0. The maximum atomic E-state index is 5.69. The molecule has 0 aliphatic carbocycles. The molecule has 0 aliphatic heterocycles. The third-order valence-electron chi connectivity index (χ3n) is 2.50. The second-order valence-corrected chi connectivity index (χ2v) is 7.29. The highest BCUT2D eigenvalue weighted by atomic mass is 32.2. The fraction of sp³-hybridized carbons (Fsp3) is 0.385. The van der Waals surface area contributed by atoms with E-state index in [0.717, 1.165) is 26.6 Å². The maximum absolute atomic E-state index is 5.69. The summed E-state index contributed by atoms with van der Waals surface area (Å²) in [5.41, 5.74) is 6.76. The zero-order chi connectivity index (χ0) is 14.2. The van der Waals surface area contributed by atoms with E-state index in [1.807, 2.05) is 18.4 Å². The van der Waals surface area contributed by atoms with Crippen LogP contribution in [-0.4, -0.2) is 35.4 Å². The van der Waals surface area contributed by atoms with Crippen LogP contribution in [0.4, 0.5) is 0 Å². The molecule has 7 heteroatoms. The third-order valence-corrected chi connectivity index (χ3v) is 5.49. The molecule has 2 N–H and O–H groups in total. The Morgan fingerprint density at radius 1 is 1.20 bits per heavy atom. The van der Waals surface area contributed by atoms with Crippen molar-refractivity contribution in [1.82, 2.24) is 10.2 Å². The van der Waals surface area contributed by atoms with E-state index in [-0.39, 0.29) is 0 Å². The standard InChI is InChI=1S/C13H17N3OS3/c1-18-12-15-16-13(20-12)19-9-8-17-11-4-2-10(3-5-11)6-7-14/h2-5H,6-9,14H2,1H3. The van der Waals surface area contributed by atoms with E-state index in [4.69, 9.17) is 10.5 Å². The molecule has 0 spiro atoms. The molecular formula is C13H17N3OS3. The van der Waals surface area contributed by atoms with Crippen molar-refractivity contribution in [2.24, 2.45) is 5.73 Å². The lowest BCUT2D eigenvalue weighted by Gasteiger charge is -2.06. The number of nitrogens with two attached hydrogens (primary N) is 1. The molecule has 108 valence electrons. The largest absolute Gasteiger partial charge is 0.493 e. The first-order chi connectivity index (χ1) is 9.81. The van der Waals surface area contributed by atoms with E-state index >= 15 is 0 Å². The molecule has 20 heavy (non-hydrogen) atoms. The maximum Gasteiger partial charge on any atom is 0.175 e. The summed E-state index contributed by atoms with van der Waals surface area (Å²) in [6.07, 6.45) is 2.91. The van der Waals surface area contributed by atoms with E-state index in [1.165, 1.54) is 5.56 Å². The molecule has 4 nitrogen and oxygen atoms in total. The molecule has 0 saturated carbocycles. The van der Waals surface area contributed by atoms with Crippen molar-refractivity contribution < 1.29 is 4.74 Å². The van der Waals surface area contributed by atoms with Gasteiger partial charge in [-0.1, -0.05) is 47.0 Å². The zero-order valence-electron chi connectivity index (χ0n) is 11.2. The van der Waals surface area contributed by atoms with Gasteiger partial charge >= 0.3 is 0 Å². The summed E-state index contributed by atoms with van der Waals surface area (Å²) < 4.78 is 7.69. The molecule has 0 saturated heterocycles. The molecule has 2 rings (SSSR count). The second-order valence-electron chi connectivity index (χ2n) is 3.92. The number of thioether (sulfide) groups is 2. The Bertz CT molecular complexity index is 516. The highest BCUT2D eigenvalue weighted by Gasteiger charge is 2.03. The average molecular weight is 328 g/mol. The topological polar surface area (TPSA) is 61.0 Å². The van der Waals surface area contributed by atoms with Crippen LogP contribution >= 0.6 is 34.9 Å². The first-order valence-corrected chi connectivity index (χ1v) is 9.26. The van der Waals surface area contributed by atoms with Crippen LogP contribution in [0.25, 0.3) is 0 Å². The fourth-order valence-electron chi connectivity index (χ4n) is 1.55. The summed E-state index contributed by atoms with van der Waals surface area (Å²) in [6, 6.07) is 8.11. The van der Waals surface area contributed by atoms with Crippen molar-refractivity contribution in [2.75, 3.05) is 25.2 Å². The van der Waals surface area contributed by atoms with Crippen molar-refractivity contribution in [2.45, 2.75) is 15.1 Å². The summed E-state index contributed by atoms with van der Waals surface area (Å²) in [4.78, 5) is 0. The molecule has 0 amide bonds. The van der Waals surface area contributed by atoms with Gasteiger partial charge in [-0.15, -0.1) is 10.2 Å². The molecule has 1 aromatic carbocycles. The molecule has 0 aliphatic rings. The van der Waals surface area contributed by atoms with Gasteiger partial charge in [-0.05, 0) is 36.9 Å². The van der Waals surface area contributed by atoms with Crippen molar-refractivity contribution in [3.8, 4) is 5.75 Å². The van der Waals surface area contributed by atoms with Gasteiger partial charge in [-0.2, -0.15) is 0 Å². The molecule has 1 heterocycles. The number of hydrogen-bond donors (Lipinski definition) is 1. The second kappa shape index (κ2) is 8.51. The van der Waals surface area contributed by atoms with Gasteiger partial charge in [0.25, 0.3) is 0 Å². The quantitative estimate of drug-likeness (QED) is 0.594. The predicted octanol–water partition coefficient (Wildman–Crippen LogP) is 2.93. The molecule has 0 fully saturated rings. The molecule has 0 atom stereocenters. The third kappa shape index (κ3) is 4.97. The Balaban J connectivity index is 1.70. The average Bonchev–Trinajstić information content (AvgIpc) is 2.94. The summed E-state index contributed by atoms with van der Waals surface area (Å²) in [6.45, 7) is 1.34. The Hall–Kier alpha value is -0.760. The van der Waals surface area contributed by atoms with Crippen LogP contribution in [0.3, 0.4) is 0 Å². The van der Waals surface area contributed by atoms with Crippen LogP contribution in [0.5, 0.6) is 5.75 Å². The number of aromatic nitrogens is 2. The number of hydrogen-bond acceptors (Lipinski definition) is 7.